The lowest BCUT2D eigenvalue weighted by Crippen LogP contribution is -2.45. The maximum Gasteiger partial charge on any atom is 0.256 e. The van der Waals surface area contributed by atoms with Crippen LogP contribution in [0.2, 0.25) is 0 Å². The highest BCUT2D eigenvalue weighted by Gasteiger charge is 2.48. The smallest absolute Gasteiger partial charge is 0.256 e. The molecule has 2 rings (SSSR count). The molecule has 0 bridgehead atoms. The van der Waals surface area contributed by atoms with E-state index in [4.69, 9.17) is 9.47 Å². The summed E-state index contributed by atoms with van der Waals surface area (Å²) in [6.45, 7) is 7.02. The minimum Gasteiger partial charge on any atom is -0.492 e. The highest BCUT2D eigenvalue weighted by Crippen LogP contribution is 2.42. The van der Waals surface area contributed by atoms with E-state index in [1.165, 1.54) is 0 Å². The van der Waals surface area contributed by atoms with Crippen LogP contribution in [-0.2, 0) is 9.53 Å². The summed E-state index contributed by atoms with van der Waals surface area (Å²) in [5.74, 6) is 0.667. The molecule has 1 atom stereocenters. The normalized spacial score (nSPS) is 16.1. The molecule has 0 saturated heterocycles. The van der Waals surface area contributed by atoms with Gasteiger partial charge in [-0.25, -0.2) is 0 Å². The molecule has 5 heteroatoms. The van der Waals surface area contributed by atoms with Gasteiger partial charge in [0.05, 0.1) is 12.2 Å². The summed E-state index contributed by atoms with van der Waals surface area (Å²) in [6.07, 6.45) is 3.78. The summed E-state index contributed by atoms with van der Waals surface area (Å²) < 4.78 is 11.4. The second kappa shape index (κ2) is 8.16. The number of nitrogens with one attached hydrogen (secondary N) is 1. The van der Waals surface area contributed by atoms with Gasteiger partial charge in [0.2, 0.25) is 0 Å². The fraction of sp³-hybridized carbons (Fsp3) is 0.579. The molecule has 0 heterocycles. The molecule has 0 spiro atoms. The van der Waals surface area contributed by atoms with Crippen LogP contribution in [0.1, 0.15) is 52.0 Å². The van der Waals surface area contributed by atoms with Crippen molar-refractivity contribution in [3.63, 3.8) is 0 Å². The van der Waals surface area contributed by atoms with Crippen LogP contribution in [-0.4, -0.2) is 24.7 Å². The van der Waals surface area contributed by atoms with Gasteiger partial charge < -0.3 is 14.8 Å². The van der Waals surface area contributed by atoms with Crippen molar-refractivity contribution < 1.29 is 14.3 Å². The third-order valence-corrected chi connectivity index (χ3v) is 4.23. The molecule has 1 unspecified atom stereocenters. The maximum atomic E-state index is 12.7. The molecule has 1 aromatic carbocycles. The van der Waals surface area contributed by atoms with Crippen molar-refractivity contribution in [3.05, 3.63) is 23.8 Å². The standard InChI is InChI=1S/C19H26N2O3/c1-4-10-23-17-9-8-16(12-14(17)13-20)21-18(22)19(3,15-6-7-15)24-11-5-2/h8-9,12,15H,4-7,10-11H2,1-3H3,(H,21,22). The van der Waals surface area contributed by atoms with E-state index < -0.39 is 5.60 Å². The first-order valence-corrected chi connectivity index (χ1v) is 8.67. The predicted octanol–water partition coefficient (Wildman–Crippen LogP) is 3.88. The van der Waals surface area contributed by atoms with E-state index in [1.54, 1.807) is 18.2 Å². The van der Waals surface area contributed by atoms with Crippen LogP contribution in [0.5, 0.6) is 5.75 Å². The van der Waals surface area contributed by atoms with Crippen LogP contribution in [0.3, 0.4) is 0 Å². The minimum atomic E-state index is -0.805. The fourth-order valence-electron chi connectivity index (χ4n) is 2.61. The summed E-state index contributed by atoms with van der Waals surface area (Å²) in [6, 6.07) is 7.26. The zero-order chi connectivity index (χ0) is 17.6. The molecule has 0 aromatic heterocycles. The Morgan fingerprint density at radius 3 is 2.62 bits per heavy atom. The Bertz CT molecular complexity index is 620. The van der Waals surface area contributed by atoms with Gasteiger partial charge in [0.25, 0.3) is 5.91 Å². The molecule has 130 valence electrons. The minimum absolute atomic E-state index is 0.149. The first-order valence-electron chi connectivity index (χ1n) is 8.67. The summed E-state index contributed by atoms with van der Waals surface area (Å²) in [5, 5.41) is 12.2. The lowest BCUT2D eigenvalue weighted by Gasteiger charge is -2.28. The summed E-state index contributed by atoms with van der Waals surface area (Å²) in [7, 11) is 0. The van der Waals surface area contributed by atoms with Crippen molar-refractivity contribution >= 4 is 11.6 Å². The highest BCUT2D eigenvalue weighted by atomic mass is 16.5. The number of anilines is 1. The number of nitriles is 1. The van der Waals surface area contributed by atoms with Crippen molar-refractivity contribution in [2.75, 3.05) is 18.5 Å². The number of hydrogen-bond acceptors (Lipinski definition) is 4. The molecule has 1 aliphatic rings. The van der Waals surface area contributed by atoms with Crippen LogP contribution in [0, 0.1) is 17.2 Å². The van der Waals surface area contributed by atoms with Gasteiger partial charge in [-0.05, 0) is 56.7 Å². The van der Waals surface area contributed by atoms with Crippen molar-refractivity contribution in [1.82, 2.24) is 0 Å². The Labute approximate surface area is 144 Å². The second-order valence-corrected chi connectivity index (χ2v) is 6.36. The number of hydrogen-bond donors (Lipinski definition) is 1. The molecular formula is C19H26N2O3. The van der Waals surface area contributed by atoms with E-state index in [0.29, 0.717) is 30.2 Å². The van der Waals surface area contributed by atoms with E-state index in [9.17, 15) is 10.1 Å². The quantitative estimate of drug-likeness (QED) is 0.746. The molecule has 0 radical (unpaired) electrons. The Balaban J connectivity index is 2.11. The van der Waals surface area contributed by atoms with Crippen LogP contribution in [0.4, 0.5) is 5.69 Å². The van der Waals surface area contributed by atoms with Crippen LogP contribution >= 0.6 is 0 Å². The molecule has 24 heavy (non-hydrogen) atoms. The third-order valence-electron chi connectivity index (χ3n) is 4.23. The van der Waals surface area contributed by atoms with Gasteiger partial charge in [0.1, 0.15) is 17.4 Å². The number of nitrogens with zero attached hydrogens (tertiary/aromatic N) is 1. The Hall–Kier alpha value is -2.06. The van der Waals surface area contributed by atoms with Gasteiger partial charge in [-0.2, -0.15) is 5.26 Å². The Kier molecular flexibility index (Phi) is 6.22. The van der Waals surface area contributed by atoms with Crippen molar-refractivity contribution in [3.8, 4) is 11.8 Å². The van der Waals surface area contributed by atoms with Gasteiger partial charge in [0, 0.05) is 12.3 Å². The maximum absolute atomic E-state index is 12.7. The summed E-state index contributed by atoms with van der Waals surface area (Å²) in [4.78, 5) is 12.7. The fourth-order valence-corrected chi connectivity index (χ4v) is 2.61. The van der Waals surface area contributed by atoms with E-state index in [-0.39, 0.29) is 11.8 Å². The molecular weight excluding hydrogens is 304 g/mol. The summed E-state index contributed by atoms with van der Waals surface area (Å²) in [5.41, 5.74) is 0.205. The van der Waals surface area contributed by atoms with Gasteiger partial charge >= 0.3 is 0 Å². The number of amides is 1. The highest BCUT2D eigenvalue weighted by molar-refractivity contribution is 5.97. The second-order valence-electron chi connectivity index (χ2n) is 6.36. The molecule has 1 aromatic rings. The molecule has 1 fully saturated rings. The molecule has 5 nitrogen and oxygen atoms in total. The molecule has 1 N–H and O–H groups in total. The number of benzene rings is 1. The van der Waals surface area contributed by atoms with Gasteiger partial charge in [-0.1, -0.05) is 13.8 Å². The van der Waals surface area contributed by atoms with E-state index in [0.717, 1.165) is 25.7 Å². The molecule has 1 amide bonds. The first kappa shape index (κ1) is 18.3. The van der Waals surface area contributed by atoms with Crippen LogP contribution in [0.25, 0.3) is 0 Å². The van der Waals surface area contributed by atoms with Gasteiger partial charge in [-0.3, -0.25) is 4.79 Å². The molecule has 0 aliphatic heterocycles. The number of carbonyl (C=O) groups is 1. The van der Waals surface area contributed by atoms with Crippen LogP contribution < -0.4 is 10.1 Å². The lowest BCUT2D eigenvalue weighted by atomic mass is 9.98. The largest absolute Gasteiger partial charge is 0.492 e. The number of carbonyl (C=O) groups excluding carboxylic acids is 1. The number of rotatable bonds is 9. The third kappa shape index (κ3) is 4.27. The number of ether oxygens (including phenoxy) is 2. The molecule has 1 saturated carbocycles. The average molecular weight is 330 g/mol. The zero-order valence-electron chi connectivity index (χ0n) is 14.7. The van der Waals surface area contributed by atoms with Gasteiger partial charge in [0.15, 0.2) is 0 Å². The van der Waals surface area contributed by atoms with Gasteiger partial charge in [-0.15, -0.1) is 0 Å². The molecule has 1 aliphatic carbocycles. The van der Waals surface area contributed by atoms with E-state index in [2.05, 4.69) is 11.4 Å². The lowest BCUT2D eigenvalue weighted by molar-refractivity contribution is -0.142. The van der Waals surface area contributed by atoms with Crippen molar-refractivity contribution in [2.24, 2.45) is 5.92 Å². The zero-order valence-corrected chi connectivity index (χ0v) is 14.7. The average Bonchev–Trinajstić information content (AvgIpc) is 3.43. The predicted molar refractivity (Wildman–Crippen MR) is 92.9 cm³/mol. The SMILES string of the molecule is CCCOc1ccc(NC(=O)C(C)(OCCC)C2CC2)cc1C#N. The van der Waals surface area contributed by atoms with Crippen molar-refractivity contribution in [2.45, 2.75) is 52.1 Å². The first-order chi connectivity index (χ1) is 11.5. The monoisotopic (exact) mass is 330 g/mol. The van der Waals surface area contributed by atoms with Crippen molar-refractivity contribution in [1.29, 1.82) is 5.26 Å². The Morgan fingerprint density at radius 1 is 1.33 bits per heavy atom. The topological polar surface area (TPSA) is 71.3 Å². The Morgan fingerprint density at radius 2 is 2.04 bits per heavy atom. The summed E-state index contributed by atoms with van der Waals surface area (Å²) >= 11 is 0. The van der Waals surface area contributed by atoms with E-state index >= 15 is 0 Å². The van der Waals surface area contributed by atoms with Crippen LogP contribution in [0.15, 0.2) is 18.2 Å². The van der Waals surface area contributed by atoms with E-state index in [1.807, 2.05) is 20.8 Å².